The average Bonchev–Trinajstić information content (AvgIpc) is 3.57. The first-order chi connectivity index (χ1) is 14.0. The predicted molar refractivity (Wildman–Crippen MR) is 117 cm³/mol. The number of rotatable bonds is 7. The van der Waals surface area contributed by atoms with Gasteiger partial charge in [0.05, 0.1) is 19.7 Å². The number of aromatic nitrogens is 2. The van der Waals surface area contributed by atoms with E-state index in [9.17, 15) is 0 Å². The van der Waals surface area contributed by atoms with Crippen LogP contribution in [-0.2, 0) is 0 Å². The number of likely N-dealkylation sites (tertiary alicyclic amines) is 1. The third kappa shape index (κ3) is 4.20. The van der Waals surface area contributed by atoms with Gasteiger partial charge in [-0.3, -0.25) is 0 Å². The van der Waals surface area contributed by atoms with Gasteiger partial charge in [-0.15, -0.1) is 0 Å². The number of nitrogens with zero attached hydrogens (tertiary/aromatic N) is 4. The number of ether oxygens (including phenoxy) is 2. The number of hydrogen-bond acceptors (Lipinski definition) is 7. The molecule has 2 aromatic rings. The molecule has 0 amide bonds. The topological polar surface area (TPSA) is 62.8 Å². The van der Waals surface area contributed by atoms with Crippen molar-refractivity contribution >= 4 is 22.7 Å². The van der Waals surface area contributed by atoms with E-state index in [-0.39, 0.29) is 0 Å². The second kappa shape index (κ2) is 8.22. The van der Waals surface area contributed by atoms with Crippen LogP contribution in [0.4, 0.5) is 11.8 Å². The monoisotopic (exact) mass is 399 g/mol. The number of fused-ring (bicyclic) bond motifs is 1. The Balaban J connectivity index is 1.68. The number of piperidine rings is 1. The number of nitrogens with one attached hydrogen (secondary N) is 1. The average molecular weight is 400 g/mol. The van der Waals surface area contributed by atoms with Crippen LogP contribution < -0.4 is 19.7 Å². The highest BCUT2D eigenvalue weighted by Gasteiger charge is 2.29. The first-order valence-corrected chi connectivity index (χ1v) is 10.7. The molecular formula is C22H33N5O2. The van der Waals surface area contributed by atoms with Crippen molar-refractivity contribution in [1.82, 2.24) is 14.9 Å². The minimum atomic E-state index is 0.412. The summed E-state index contributed by atoms with van der Waals surface area (Å²) >= 11 is 0. The summed E-state index contributed by atoms with van der Waals surface area (Å²) in [5.41, 5.74) is 0.877. The first-order valence-electron chi connectivity index (χ1n) is 10.7. The third-order valence-corrected chi connectivity index (χ3v) is 6.20. The standard InChI is InChI=1S/C22H33N5O2/c1-14(2)27-10-8-15(9-11-27)23-21-17-12-19(28-4)20(29-5)13-18(17)24-22(25-21)26(3)16-6-7-16/h12-16H,6-11H2,1-5H3,(H,23,24,25). The quantitative estimate of drug-likeness (QED) is 0.764. The summed E-state index contributed by atoms with van der Waals surface area (Å²) in [6, 6.07) is 5.50. The van der Waals surface area contributed by atoms with E-state index in [1.54, 1.807) is 14.2 Å². The van der Waals surface area contributed by atoms with E-state index in [2.05, 4.69) is 36.0 Å². The largest absolute Gasteiger partial charge is 0.493 e. The highest BCUT2D eigenvalue weighted by Crippen LogP contribution is 2.37. The molecule has 4 rings (SSSR count). The summed E-state index contributed by atoms with van der Waals surface area (Å²) < 4.78 is 11.0. The highest BCUT2D eigenvalue weighted by molar-refractivity contribution is 5.93. The number of hydrogen-bond donors (Lipinski definition) is 1. The van der Waals surface area contributed by atoms with Crippen molar-refractivity contribution in [1.29, 1.82) is 0 Å². The maximum atomic E-state index is 5.53. The maximum Gasteiger partial charge on any atom is 0.227 e. The zero-order valence-electron chi connectivity index (χ0n) is 18.2. The van der Waals surface area contributed by atoms with Crippen LogP contribution in [0.2, 0.25) is 0 Å². The Labute approximate surface area is 173 Å². The number of methoxy groups -OCH3 is 2. The molecule has 1 saturated heterocycles. The van der Waals surface area contributed by atoms with Crippen LogP contribution in [0.15, 0.2) is 12.1 Å². The summed E-state index contributed by atoms with van der Waals surface area (Å²) in [4.78, 5) is 14.5. The fourth-order valence-corrected chi connectivity index (χ4v) is 4.09. The summed E-state index contributed by atoms with van der Waals surface area (Å²) in [6.45, 7) is 6.77. The SMILES string of the molecule is COc1cc2nc(N(C)C3CC3)nc(NC3CCN(C(C)C)CC3)c2cc1OC. The van der Waals surface area contributed by atoms with Gasteiger partial charge in [0, 0.05) is 49.7 Å². The summed E-state index contributed by atoms with van der Waals surface area (Å²) in [6.07, 6.45) is 4.65. The Morgan fingerprint density at radius 2 is 1.69 bits per heavy atom. The van der Waals surface area contributed by atoms with E-state index in [0.29, 0.717) is 29.6 Å². The normalized spacial score (nSPS) is 18.3. The van der Waals surface area contributed by atoms with E-state index >= 15 is 0 Å². The van der Waals surface area contributed by atoms with Crippen LogP contribution in [0, 0.1) is 0 Å². The van der Waals surface area contributed by atoms with Crippen molar-refractivity contribution in [3.05, 3.63) is 12.1 Å². The molecule has 2 aliphatic rings. The molecule has 158 valence electrons. The Hall–Kier alpha value is -2.28. The molecule has 7 heteroatoms. The molecule has 1 aliphatic carbocycles. The van der Waals surface area contributed by atoms with E-state index in [1.807, 2.05) is 12.1 Å². The molecule has 1 aliphatic heterocycles. The van der Waals surface area contributed by atoms with Crippen LogP contribution in [0.5, 0.6) is 11.5 Å². The lowest BCUT2D eigenvalue weighted by molar-refractivity contribution is 0.177. The molecule has 1 saturated carbocycles. The van der Waals surface area contributed by atoms with Crippen molar-refractivity contribution in [2.45, 2.75) is 57.7 Å². The molecule has 1 aromatic heterocycles. The third-order valence-electron chi connectivity index (χ3n) is 6.20. The molecule has 1 N–H and O–H groups in total. The van der Waals surface area contributed by atoms with Gasteiger partial charge >= 0.3 is 0 Å². The van der Waals surface area contributed by atoms with E-state index in [4.69, 9.17) is 19.4 Å². The van der Waals surface area contributed by atoms with Gasteiger partial charge in [-0.25, -0.2) is 4.98 Å². The van der Waals surface area contributed by atoms with Crippen LogP contribution in [-0.4, -0.2) is 67.4 Å². The van der Waals surface area contributed by atoms with Crippen LogP contribution >= 0.6 is 0 Å². The minimum Gasteiger partial charge on any atom is -0.493 e. The summed E-state index contributed by atoms with van der Waals surface area (Å²) in [5, 5.41) is 4.70. The van der Waals surface area contributed by atoms with Gasteiger partial charge in [-0.1, -0.05) is 0 Å². The fourth-order valence-electron chi connectivity index (χ4n) is 4.09. The van der Waals surface area contributed by atoms with Crippen molar-refractivity contribution < 1.29 is 9.47 Å². The summed E-state index contributed by atoms with van der Waals surface area (Å²) in [5.74, 6) is 3.05. The van der Waals surface area contributed by atoms with Gasteiger partial charge < -0.3 is 24.6 Å². The lowest BCUT2D eigenvalue weighted by Crippen LogP contribution is -2.42. The second-order valence-corrected chi connectivity index (χ2v) is 8.49. The maximum absolute atomic E-state index is 5.53. The fraction of sp³-hybridized carbons (Fsp3) is 0.636. The molecule has 2 fully saturated rings. The zero-order valence-corrected chi connectivity index (χ0v) is 18.2. The van der Waals surface area contributed by atoms with Gasteiger partial charge in [-0.05, 0) is 45.6 Å². The Morgan fingerprint density at radius 3 is 2.28 bits per heavy atom. The van der Waals surface area contributed by atoms with Crippen molar-refractivity contribution in [2.24, 2.45) is 0 Å². The predicted octanol–water partition coefficient (Wildman–Crippen LogP) is 3.53. The molecule has 2 heterocycles. The zero-order chi connectivity index (χ0) is 20.5. The minimum absolute atomic E-state index is 0.412. The van der Waals surface area contributed by atoms with Crippen LogP contribution in [0.3, 0.4) is 0 Å². The smallest absolute Gasteiger partial charge is 0.227 e. The van der Waals surface area contributed by atoms with Gasteiger partial charge in [0.1, 0.15) is 5.82 Å². The Bertz CT molecular complexity index is 860. The lowest BCUT2D eigenvalue weighted by Gasteiger charge is -2.35. The number of benzene rings is 1. The van der Waals surface area contributed by atoms with Gasteiger partial charge in [0.25, 0.3) is 0 Å². The molecule has 0 atom stereocenters. The van der Waals surface area contributed by atoms with Crippen LogP contribution in [0.25, 0.3) is 10.9 Å². The van der Waals surface area contributed by atoms with Gasteiger partial charge in [-0.2, -0.15) is 4.98 Å². The molecule has 0 bridgehead atoms. The Kier molecular flexibility index (Phi) is 5.67. The van der Waals surface area contributed by atoms with Gasteiger partial charge in [0.15, 0.2) is 11.5 Å². The Morgan fingerprint density at radius 1 is 1.03 bits per heavy atom. The number of anilines is 2. The molecule has 7 nitrogen and oxygen atoms in total. The van der Waals surface area contributed by atoms with Crippen LogP contribution in [0.1, 0.15) is 39.5 Å². The van der Waals surface area contributed by atoms with E-state index in [1.165, 1.54) is 12.8 Å². The van der Waals surface area contributed by atoms with Crippen molar-refractivity contribution in [3.8, 4) is 11.5 Å². The summed E-state index contributed by atoms with van der Waals surface area (Å²) in [7, 11) is 5.41. The lowest BCUT2D eigenvalue weighted by atomic mass is 10.0. The van der Waals surface area contributed by atoms with Crippen molar-refractivity contribution in [2.75, 3.05) is 44.6 Å². The molecule has 1 aromatic carbocycles. The molecule has 0 unspecified atom stereocenters. The van der Waals surface area contributed by atoms with E-state index in [0.717, 1.165) is 48.6 Å². The molecule has 0 radical (unpaired) electrons. The molecule has 0 spiro atoms. The van der Waals surface area contributed by atoms with Gasteiger partial charge in [0.2, 0.25) is 5.95 Å². The first kappa shape index (κ1) is 20.0. The molecular weight excluding hydrogens is 366 g/mol. The highest BCUT2D eigenvalue weighted by atomic mass is 16.5. The molecule has 29 heavy (non-hydrogen) atoms. The van der Waals surface area contributed by atoms with E-state index < -0.39 is 0 Å². The van der Waals surface area contributed by atoms with Crippen molar-refractivity contribution in [3.63, 3.8) is 0 Å². The second-order valence-electron chi connectivity index (χ2n) is 8.49.